The maximum Gasteiger partial charge on any atom is 0.293 e. The van der Waals surface area contributed by atoms with Gasteiger partial charge in [0, 0.05) is 36.4 Å². The summed E-state index contributed by atoms with van der Waals surface area (Å²) in [5.41, 5.74) is 0.0952. The molecule has 3 rings (SSSR count). The summed E-state index contributed by atoms with van der Waals surface area (Å²) in [6.07, 6.45) is 10.7. The summed E-state index contributed by atoms with van der Waals surface area (Å²) in [5.74, 6) is 0.653. The first kappa shape index (κ1) is 13.2. The van der Waals surface area contributed by atoms with Crippen LogP contribution in [0.2, 0.25) is 0 Å². The van der Waals surface area contributed by atoms with Gasteiger partial charge in [0.2, 0.25) is 0 Å². The highest BCUT2D eigenvalue weighted by molar-refractivity contribution is 9.09. The Balaban J connectivity index is 1.94. The van der Waals surface area contributed by atoms with Crippen LogP contribution in [0.1, 0.15) is 44.6 Å². The van der Waals surface area contributed by atoms with E-state index in [0.29, 0.717) is 17.9 Å². The Bertz CT molecular complexity index is 498. The molecule has 0 bridgehead atoms. The summed E-state index contributed by atoms with van der Waals surface area (Å²) in [7, 11) is 0. The van der Waals surface area contributed by atoms with Gasteiger partial charge in [0.05, 0.1) is 0 Å². The zero-order valence-electron chi connectivity index (χ0n) is 11.1. The highest BCUT2D eigenvalue weighted by atomic mass is 79.9. The Morgan fingerprint density at radius 1 is 1.26 bits per heavy atom. The van der Waals surface area contributed by atoms with E-state index in [2.05, 4.69) is 25.8 Å². The maximum atomic E-state index is 12.6. The van der Waals surface area contributed by atoms with E-state index in [-0.39, 0.29) is 5.56 Å². The molecule has 1 aromatic heterocycles. The lowest BCUT2D eigenvalue weighted by Gasteiger charge is -2.29. The van der Waals surface area contributed by atoms with Crippen molar-refractivity contribution in [3.63, 3.8) is 0 Å². The molecule has 1 unspecified atom stereocenters. The Labute approximate surface area is 122 Å². The number of hydrogen-bond acceptors (Lipinski definition) is 3. The lowest BCUT2D eigenvalue weighted by molar-refractivity contribution is 0.608. The largest absolute Gasteiger partial charge is 0.348 e. The minimum absolute atomic E-state index is 0.0952. The van der Waals surface area contributed by atoms with Crippen molar-refractivity contribution in [2.24, 2.45) is 0 Å². The lowest BCUT2D eigenvalue weighted by Crippen LogP contribution is -2.41. The van der Waals surface area contributed by atoms with Gasteiger partial charge in [0.15, 0.2) is 5.82 Å². The first-order chi connectivity index (χ1) is 9.31. The van der Waals surface area contributed by atoms with Gasteiger partial charge in [-0.05, 0) is 25.7 Å². The fraction of sp³-hybridized carbons (Fsp3) is 0.714. The van der Waals surface area contributed by atoms with E-state index < -0.39 is 0 Å². The summed E-state index contributed by atoms with van der Waals surface area (Å²) in [4.78, 5) is 19.2. The molecule has 1 saturated carbocycles. The van der Waals surface area contributed by atoms with Crippen molar-refractivity contribution in [2.75, 3.05) is 16.8 Å². The molecule has 1 saturated heterocycles. The van der Waals surface area contributed by atoms with Crippen LogP contribution in [0, 0.1) is 0 Å². The van der Waals surface area contributed by atoms with Crippen molar-refractivity contribution in [3.05, 3.63) is 22.7 Å². The van der Waals surface area contributed by atoms with Crippen molar-refractivity contribution >= 4 is 21.7 Å². The Kier molecular flexibility index (Phi) is 3.91. The van der Waals surface area contributed by atoms with E-state index >= 15 is 0 Å². The van der Waals surface area contributed by atoms with E-state index in [1.807, 2.05) is 10.8 Å². The van der Waals surface area contributed by atoms with E-state index in [1.54, 1.807) is 6.20 Å². The first-order valence-corrected chi connectivity index (χ1v) is 8.33. The Morgan fingerprint density at radius 2 is 2.11 bits per heavy atom. The van der Waals surface area contributed by atoms with Crippen LogP contribution in [0.4, 0.5) is 5.82 Å². The number of aromatic nitrogens is 2. The van der Waals surface area contributed by atoms with Crippen LogP contribution in [0.15, 0.2) is 17.2 Å². The molecular weight excluding hydrogens is 306 g/mol. The zero-order chi connectivity index (χ0) is 13.2. The van der Waals surface area contributed by atoms with Crippen LogP contribution >= 0.6 is 15.9 Å². The number of anilines is 1. The number of rotatable bonds is 3. The first-order valence-electron chi connectivity index (χ1n) is 7.21. The summed E-state index contributed by atoms with van der Waals surface area (Å²) in [6, 6.07) is 0.821. The van der Waals surface area contributed by atoms with Crippen molar-refractivity contribution in [1.82, 2.24) is 9.55 Å². The number of halogens is 1. The molecule has 5 heteroatoms. The second-order valence-corrected chi connectivity index (χ2v) is 6.19. The predicted molar refractivity (Wildman–Crippen MR) is 80.2 cm³/mol. The molecule has 2 fully saturated rings. The van der Waals surface area contributed by atoms with Gasteiger partial charge in [0.25, 0.3) is 5.56 Å². The second-order valence-electron chi connectivity index (χ2n) is 5.55. The molecular formula is C14H20BrN3O. The number of hydrogen-bond donors (Lipinski definition) is 0. The van der Waals surface area contributed by atoms with Crippen molar-refractivity contribution in [1.29, 1.82) is 0 Å². The van der Waals surface area contributed by atoms with E-state index in [9.17, 15) is 4.79 Å². The van der Waals surface area contributed by atoms with E-state index in [0.717, 1.165) is 37.6 Å². The van der Waals surface area contributed by atoms with E-state index in [1.165, 1.54) is 12.8 Å². The van der Waals surface area contributed by atoms with Gasteiger partial charge in [-0.1, -0.05) is 28.8 Å². The topological polar surface area (TPSA) is 38.1 Å². The minimum atomic E-state index is 0.0952. The van der Waals surface area contributed by atoms with Crippen LogP contribution in [-0.2, 0) is 0 Å². The predicted octanol–water partition coefficient (Wildman–Crippen LogP) is 2.72. The monoisotopic (exact) mass is 325 g/mol. The standard InChI is InChI=1S/C14H20BrN3O/c15-10-12-4-2-1-3-8-17(12)13-14(19)18(9-7-16-13)11-5-6-11/h7,9,11-12H,1-6,8,10H2. The van der Waals surface area contributed by atoms with Crippen molar-refractivity contribution in [3.8, 4) is 0 Å². The van der Waals surface area contributed by atoms with Gasteiger partial charge < -0.3 is 9.47 Å². The third kappa shape index (κ3) is 2.71. The van der Waals surface area contributed by atoms with Gasteiger partial charge in [0.1, 0.15) is 0 Å². The summed E-state index contributed by atoms with van der Waals surface area (Å²) in [6.45, 7) is 0.952. The third-order valence-electron chi connectivity index (χ3n) is 4.12. The quantitative estimate of drug-likeness (QED) is 0.802. The van der Waals surface area contributed by atoms with Crippen LogP contribution in [0.25, 0.3) is 0 Å². The van der Waals surface area contributed by atoms with Crippen LogP contribution in [0.5, 0.6) is 0 Å². The highest BCUT2D eigenvalue weighted by Crippen LogP contribution is 2.33. The summed E-state index contributed by atoms with van der Waals surface area (Å²) >= 11 is 3.59. The molecule has 0 radical (unpaired) electrons. The smallest absolute Gasteiger partial charge is 0.293 e. The zero-order valence-corrected chi connectivity index (χ0v) is 12.7. The summed E-state index contributed by atoms with van der Waals surface area (Å²) in [5, 5.41) is 0.909. The molecule has 1 aliphatic heterocycles. The fourth-order valence-corrected chi connectivity index (χ4v) is 3.54. The van der Waals surface area contributed by atoms with Crippen LogP contribution in [-0.4, -0.2) is 27.5 Å². The molecule has 19 heavy (non-hydrogen) atoms. The van der Waals surface area contributed by atoms with Crippen LogP contribution < -0.4 is 10.5 Å². The maximum absolute atomic E-state index is 12.6. The van der Waals surface area contributed by atoms with E-state index in [4.69, 9.17) is 0 Å². The average molecular weight is 326 g/mol. The molecule has 4 nitrogen and oxygen atoms in total. The molecule has 0 spiro atoms. The van der Waals surface area contributed by atoms with Crippen molar-refractivity contribution in [2.45, 2.75) is 50.6 Å². The van der Waals surface area contributed by atoms with Crippen molar-refractivity contribution < 1.29 is 0 Å². The van der Waals surface area contributed by atoms with Gasteiger partial charge in [-0.25, -0.2) is 4.98 Å². The average Bonchev–Trinajstić information content (AvgIpc) is 3.25. The van der Waals surface area contributed by atoms with Crippen LogP contribution in [0.3, 0.4) is 0 Å². The summed E-state index contributed by atoms with van der Waals surface area (Å²) < 4.78 is 1.87. The molecule has 2 heterocycles. The molecule has 1 atom stereocenters. The van der Waals surface area contributed by atoms with Gasteiger partial charge in [-0.2, -0.15) is 0 Å². The van der Waals surface area contributed by atoms with Gasteiger partial charge in [-0.3, -0.25) is 4.79 Å². The normalized spacial score (nSPS) is 24.3. The minimum Gasteiger partial charge on any atom is -0.348 e. The fourth-order valence-electron chi connectivity index (χ4n) is 2.87. The highest BCUT2D eigenvalue weighted by Gasteiger charge is 2.28. The Hall–Kier alpha value is -0.840. The molecule has 0 amide bonds. The van der Waals surface area contributed by atoms with Gasteiger partial charge in [-0.15, -0.1) is 0 Å². The third-order valence-corrected chi connectivity index (χ3v) is 4.86. The molecule has 104 valence electrons. The number of alkyl halides is 1. The SMILES string of the molecule is O=c1c(N2CCCCCC2CBr)nccn1C1CC1. The molecule has 1 aliphatic carbocycles. The second kappa shape index (κ2) is 5.65. The molecule has 2 aliphatic rings. The molecule has 1 aromatic rings. The Morgan fingerprint density at radius 3 is 2.84 bits per heavy atom. The number of nitrogens with zero attached hydrogens (tertiary/aromatic N) is 3. The lowest BCUT2D eigenvalue weighted by atomic mass is 10.1. The molecule has 0 N–H and O–H groups in total. The van der Waals surface area contributed by atoms with Gasteiger partial charge >= 0.3 is 0 Å². The molecule has 0 aromatic carbocycles.